The molecule has 3 aromatic rings. The van der Waals surface area contributed by atoms with Crippen molar-refractivity contribution in [3.63, 3.8) is 0 Å². The van der Waals surface area contributed by atoms with Gasteiger partial charge in [-0.2, -0.15) is 0 Å². The lowest BCUT2D eigenvalue weighted by Gasteiger charge is -2.11. The van der Waals surface area contributed by atoms with Crippen molar-refractivity contribution in [2.75, 3.05) is 4.72 Å². The summed E-state index contributed by atoms with van der Waals surface area (Å²) < 4.78 is 34.5. The van der Waals surface area contributed by atoms with Gasteiger partial charge in [0, 0.05) is 18.3 Å². The molecule has 2 aromatic carbocycles. The average Bonchev–Trinajstić information content (AvgIpc) is 2.79. The number of halogens is 1. The van der Waals surface area contributed by atoms with Crippen LogP contribution in [-0.4, -0.2) is 13.0 Å². The lowest BCUT2D eigenvalue weighted by atomic mass is 10.1. The molecule has 0 aliphatic rings. The molecule has 0 spiro atoms. The second-order valence-electron chi connectivity index (χ2n) is 5.84. The van der Waals surface area contributed by atoms with E-state index in [9.17, 15) is 13.2 Å². The molecule has 0 atom stereocenters. The summed E-state index contributed by atoms with van der Waals surface area (Å²) >= 11 is 6.18. The van der Waals surface area contributed by atoms with Crippen LogP contribution in [0.2, 0.25) is 5.02 Å². The molecular formula is C17H17ClN2O4S. The van der Waals surface area contributed by atoms with Crippen LogP contribution in [0.4, 0.5) is 5.69 Å². The fourth-order valence-corrected chi connectivity index (χ4v) is 4.39. The van der Waals surface area contributed by atoms with Gasteiger partial charge in [0.05, 0.1) is 10.5 Å². The number of nitrogens with one attached hydrogen (secondary N) is 1. The molecule has 1 N–H and O–H groups in total. The number of aromatic nitrogens is 1. The maximum atomic E-state index is 12.7. The molecule has 0 saturated heterocycles. The summed E-state index contributed by atoms with van der Waals surface area (Å²) in [4.78, 5) is 11.7. The number of sulfonamides is 1. The molecule has 0 saturated carbocycles. The molecule has 25 heavy (non-hydrogen) atoms. The Morgan fingerprint density at radius 2 is 1.76 bits per heavy atom. The molecule has 0 radical (unpaired) electrons. The number of hydrogen-bond acceptors (Lipinski definition) is 4. The second-order valence-corrected chi connectivity index (χ2v) is 7.90. The third-order valence-corrected chi connectivity index (χ3v) is 5.65. The number of rotatable bonds is 4. The van der Waals surface area contributed by atoms with Crippen molar-refractivity contribution in [3.8, 4) is 0 Å². The Kier molecular flexibility index (Phi) is 4.38. The van der Waals surface area contributed by atoms with E-state index in [0.29, 0.717) is 17.7 Å². The molecular weight excluding hydrogens is 364 g/mol. The maximum absolute atomic E-state index is 12.7. The van der Waals surface area contributed by atoms with Gasteiger partial charge in [0.15, 0.2) is 5.58 Å². The number of aryl methyl sites for hydroxylation is 3. The predicted octanol–water partition coefficient (Wildman–Crippen LogP) is 3.69. The van der Waals surface area contributed by atoms with Crippen molar-refractivity contribution in [2.45, 2.75) is 32.2 Å². The summed E-state index contributed by atoms with van der Waals surface area (Å²) in [5.74, 6) is -0.551. The first-order valence-electron chi connectivity index (χ1n) is 7.65. The Hall–Kier alpha value is -2.25. The van der Waals surface area contributed by atoms with Gasteiger partial charge < -0.3 is 4.42 Å². The second kappa shape index (κ2) is 6.24. The molecule has 0 amide bonds. The third-order valence-electron chi connectivity index (χ3n) is 3.80. The zero-order valence-corrected chi connectivity index (χ0v) is 15.5. The summed E-state index contributed by atoms with van der Waals surface area (Å²) in [6.07, 6.45) is 0. The smallest absolute Gasteiger partial charge is 0.408 e. The molecule has 0 bridgehead atoms. The van der Waals surface area contributed by atoms with E-state index >= 15 is 0 Å². The molecule has 1 heterocycles. The Bertz CT molecular complexity index is 1110. The molecule has 132 valence electrons. The Morgan fingerprint density at radius 1 is 1.12 bits per heavy atom. The SMILES string of the molecule is CCn1c(=O)oc2cc(S(=O)(=O)Nc3cc(C)cc(C)c3)c(Cl)cc21. The molecule has 6 nitrogen and oxygen atoms in total. The van der Waals surface area contributed by atoms with E-state index in [-0.39, 0.29) is 15.5 Å². The molecule has 0 aliphatic heterocycles. The molecule has 1 aromatic heterocycles. The highest BCUT2D eigenvalue weighted by Crippen LogP contribution is 2.29. The molecule has 0 unspecified atom stereocenters. The topological polar surface area (TPSA) is 81.3 Å². The Labute approximate surface area is 150 Å². The molecule has 0 fully saturated rings. The lowest BCUT2D eigenvalue weighted by Crippen LogP contribution is -2.14. The maximum Gasteiger partial charge on any atom is 0.419 e. The van der Waals surface area contributed by atoms with Crippen LogP contribution in [0.3, 0.4) is 0 Å². The van der Waals surface area contributed by atoms with Crippen molar-refractivity contribution in [2.24, 2.45) is 0 Å². The van der Waals surface area contributed by atoms with Gasteiger partial charge in [0.1, 0.15) is 4.90 Å². The van der Waals surface area contributed by atoms with Gasteiger partial charge in [0.25, 0.3) is 10.0 Å². The lowest BCUT2D eigenvalue weighted by molar-refractivity contribution is 0.512. The van der Waals surface area contributed by atoms with Crippen LogP contribution in [0, 0.1) is 13.8 Å². The van der Waals surface area contributed by atoms with Crippen LogP contribution in [0.5, 0.6) is 0 Å². The van der Waals surface area contributed by atoms with Gasteiger partial charge >= 0.3 is 5.76 Å². The zero-order chi connectivity index (χ0) is 18.4. The predicted molar refractivity (Wildman–Crippen MR) is 97.9 cm³/mol. The Morgan fingerprint density at radius 3 is 2.36 bits per heavy atom. The summed E-state index contributed by atoms with van der Waals surface area (Å²) in [6.45, 7) is 5.95. The van der Waals surface area contributed by atoms with Gasteiger partial charge in [-0.1, -0.05) is 17.7 Å². The van der Waals surface area contributed by atoms with Crippen LogP contribution in [-0.2, 0) is 16.6 Å². The van der Waals surface area contributed by atoms with Crippen molar-refractivity contribution in [3.05, 3.63) is 57.0 Å². The van der Waals surface area contributed by atoms with E-state index in [1.807, 2.05) is 19.9 Å². The standard InChI is InChI=1S/C17H17ClN2O4S/c1-4-20-14-8-13(18)16(9-15(14)24-17(20)21)25(22,23)19-12-6-10(2)5-11(3)7-12/h5-9,19H,4H2,1-3H3. The average molecular weight is 381 g/mol. The first-order chi connectivity index (χ1) is 11.7. The van der Waals surface area contributed by atoms with Crippen LogP contribution >= 0.6 is 11.6 Å². The number of fused-ring (bicyclic) bond motifs is 1. The van der Waals surface area contributed by atoms with Crippen LogP contribution < -0.4 is 10.5 Å². The van der Waals surface area contributed by atoms with Crippen LogP contribution in [0.25, 0.3) is 11.1 Å². The van der Waals surface area contributed by atoms with E-state index in [4.69, 9.17) is 16.0 Å². The fourth-order valence-electron chi connectivity index (χ4n) is 2.81. The van der Waals surface area contributed by atoms with Crippen LogP contribution in [0.1, 0.15) is 18.1 Å². The van der Waals surface area contributed by atoms with E-state index in [1.54, 1.807) is 19.1 Å². The van der Waals surface area contributed by atoms with Gasteiger partial charge in [-0.3, -0.25) is 9.29 Å². The van der Waals surface area contributed by atoms with Crippen molar-refractivity contribution in [1.29, 1.82) is 0 Å². The minimum absolute atomic E-state index is 0.0207. The Balaban J connectivity index is 2.10. The summed E-state index contributed by atoms with van der Waals surface area (Å²) in [6, 6.07) is 8.10. The molecule has 3 rings (SSSR count). The third kappa shape index (κ3) is 3.29. The number of nitrogens with zero attached hydrogens (tertiary/aromatic N) is 1. The van der Waals surface area contributed by atoms with Crippen molar-refractivity contribution in [1.82, 2.24) is 4.57 Å². The van der Waals surface area contributed by atoms with E-state index < -0.39 is 15.8 Å². The van der Waals surface area contributed by atoms with Gasteiger partial charge in [-0.15, -0.1) is 0 Å². The summed E-state index contributed by atoms with van der Waals surface area (Å²) in [5.41, 5.74) is 2.96. The zero-order valence-electron chi connectivity index (χ0n) is 14.0. The van der Waals surface area contributed by atoms with E-state index in [0.717, 1.165) is 11.1 Å². The quantitative estimate of drug-likeness (QED) is 0.748. The van der Waals surface area contributed by atoms with Crippen molar-refractivity contribution >= 4 is 38.4 Å². The van der Waals surface area contributed by atoms with Gasteiger partial charge in [0.2, 0.25) is 0 Å². The number of benzene rings is 2. The fraction of sp³-hybridized carbons (Fsp3) is 0.235. The van der Waals surface area contributed by atoms with E-state index in [2.05, 4.69) is 4.72 Å². The number of hydrogen-bond donors (Lipinski definition) is 1. The first-order valence-corrected chi connectivity index (χ1v) is 9.51. The minimum Gasteiger partial charge on any atom is -0.408 e. The highest BCUT2D eigenvalue weighted by molar-refractivity contribution is 7.92. The largest absolute Gasteiger partial charge is 0.419 e. The highest BCUT2D eigenvalue weighted by Gasteiger charge is 2.22. The number of anilines is 1. The monoisotopic (exact) mass is 380 g/mol. The molecule has 0 aliphatic carbocycles. The van der Waals surface area contributed by atoms with E-state index in [1.165, 1.54) is 16.7 Å². The number of oxazole rings is 1. The first kappa shape index (κ1) is 17.6. The normalized spacial score (nSPS) is 11.8. The van der Waals surface area contributed by atoms with Crippen LogP contribution in [0.15, 0.2) is 44.4 Å². The highest BCUT2D eigenvalue weighted by atomic mass is 35.5. The van der Waals surface area contributed by atoms with Gasteiger partial charge in [-0.05, 0) is 50.1 Å². The summed E-state index contributed by atoms with van der Waals surface area (Å²) in [7, 11) is -3.93. The van der Waals surface area contributed by atoms with Crippen molar-refractivity contribution < 1.29 is 12.8 Å². The van der Waals surface area contributed by atoms with Gasteiger partial charge in [-0.25, -0.2) is 13.2 Å². The minimum atomic E-state index is -3.93. The molecule has 8 heteroatoms. The summed E-state index contributed by atoms with van der Waals surface area (Å²) in [5, 5.41) is 0.0207.